The van der Waals surface area contributed by atoms with Gasteiger partial charge in [-0.25, -0.2) is 13.6 Å². The largest absolute Gasteiger partial charge is 0.497 e. The number of carbonyl (C=O) groups excluding carboxylic acids is 1. The topological polar surface area (TPSA) is 116 Å². The van der Waals surface area contributed by atoms with Crippen LogP contribution >= 0.6 is 0 Å². The number of aromatic nitrogens is 1. The highest BCUT2D eigenvalue weighted by Gasteiger charge is 2.38. The lowest BCUT2D eigenvalue weighted by Crippen LogP contribution is -2.31. The van der Waals surface area contributed by atoms with Crippen LogP contribution < -0.4 is 14.8 Å². The summed E-state index contributed by atoms with van der Waals surface area (Å²) < 4.78 is 33.1. The second-order valence-electron chi connectivity index (χ2n) is 5.20. The van der Waals surface area contributed by atoms with E-state index < -0.39 is 15.3 Å². The number of primary sulfonamides is 1. The SMILES string of the molecule is COc1cccc(-c2cc(N3CC(S(N)(=O)=O)CC3=O)on2)c1. The van der Waals surface area contributed by atoms with Crippen LogP contribution in [0.2, 0.25) is 0 Å². The molecule has 1 unspecified atom stereocenters. The van der Waals surface area contributed by atoms with E-state index in [0.717, 1.165) is 5.56 Å². The first-order valence-electron chi connectivity index (χ1n) is 6.81. The number of carbonyl (C=O) groups is 1. The van der Waals surface area contributed by atoms with Gasteiger partial charge in [0, 0.05) is 24.6 Å². The molecule has 1 aliphatic rings. The number of amides is 1. The fourth-order valence-electron chi connectivity index (χ4n) is 2.42. The first-order valence-corrected chi connectivity index (χ1v) is 8.42. The number of hydrogen-bond acceptors (Lipinski definition) is 6. The molecule has 122 valence electrons. The Morgan fingerprint density at radius 2 is 2.17 bits per heavy atom. The highest BCUT2D eigenvalue weighted by molar-refractivity contribution is 7.89. The average Bonchev–Trinajstić information content (AvgIpc) is 3.13. The first-order chi connectivity index (χ1) is 10.9. The Bertz CT molecular complexity index is 846. The number of hydrogen-bond donors (Lipinski definition) is 1. The number of methoxy groups -OCH3 is 1. The van der Waals surface area contributed by atoms with Crippen LogP contribution in [0.3, 0.4) is 0 Å². The Balaban J connectivity index is 1.86. The van der Waals surface area contributed by atoms with Crippen LogP contribution in [-0.2, 0) is 14.8 Å². The summed E-state index contributed by atoms with van der Waals surface area (Å²) in [6, 6.07) is 8.79. The number of anilines is 1. The molecule has 2 aromatic rings. The summed E-state index contributed by atoms with van der Waals surface area (Å²) in [7, 11) is -2.21. The zero-order chi connectivity index (χ0) is 16.6. The standard InChI is InChI=1S/C14H15N3O5S/c1-21-10-4-2-3-9(5-10)12-7-14(22-16-12)17-8-11(6-13(17)18)23(15,19)20/h2-5,7,11H,6,8H2,1H3,(H2,15,19,20). The van der Waals surface area contributed by atoms with Crippen LogP contribution in [0.15, 0.2) is 34.9 Å². The van der Waals surface area contributed by atoms with Crippen molar-refractivity contribution in [2.24, 2.45) is 5.14 Å². The zero-order valence-corrected chi connectivity index (χ0v) is 13.1. The molecule has 1 aliphatic heterocycles. The Labute approximate surface area is 132 Å². The molecule has 2 N–H and O–H groups in total. The van der Waals surface area contributed by atoms with E-state index in [2.05, 4.69) is 5.16 Å². The van der Waals surface area contributed by atoms with Crippen molar-refractivity contribution in [3.8, 4) is 17.0 Å². The second kappa shape index (κ2) is 5.67. The molecule has 3 rings (SSSR count). The van der Waals surface area contributed by atoms with Crippen LogP contribution in [0.5, 0.6) is 5.75 Å². The van der Waals surface area contributed by atoms with Crippen LogP contribution in [0.4, 0.5) is 5.88 Å². The van der Waals surface area contributed by atoms with Crippen molar-refractivity contribution < 1.29 is 22.5 Å². The number of benzene rings is 1. The molecule has 1 aromatic heterocycles. The van der Waals surface area contributed by atoms with Crippen molar-refractivity contribution in [1.82, 2.24) is 5.16 Å². The Hall–Kier alpha value is -2.39. The molecule has 23 heavy (non-hydrogen) atoms. The van der Waals surface area contributed by atoms with E-state index in [-0.39, 0.29) is 24.8 Å². The van der Waals surface area contributed by atoms with E-state index in [1.807, 2.05) is 6.07 Å². The maximum atomic E-state index is 12.0. The monoisotopic (exact) mass is 337 g/mol. The molecule has 1 fully saturated rings. The maximum Gasteiger partial charge on any atom is 0.234 e. The third-order valence-electron chi connectivity index (χ3n) is 3.68. The smallest absolute Gasteiger partial charge is 0.234 e. The van der Waals surface area contributed by atoms with Gasteiger partial charge in [0.25, 0.3) is 0 Å². The second-order valence-corrected chi connectivity index (χ2v) is 7.05. The van der Waals surface area contributed by atoms with E-state index >= 15 is 0 Å². The predicted molar refractivity (Wildman–Crippen MR) is 82.4 cm³/mol. The van der Waals surface area contributed by atoms with Gasteiger partial charge in [-0.2, -0.15) is 0 Å². The van der Waals surface area contributed by atoms with Gasteiger partial charge >= 0.3 is 0 Å². The normalized spacial score (nSPS) is 18.4. The number of rotatable bonds is 4. The van der Waals surface area contributed by atoms with E-state index in [1.54, 1.807) is 31.4 Å². The Kier molecular flexibility index (Phi) is 3.82. The van der Waals surface area contributed by atoms with Crippen molar-refractivity contribution >= 4 is 21.8 Å². The van der Waals surface area contributed by atoms with E-state index in [0.29, 0.717) is 11.4 Å². The zero-order valence-electron chi connectivity index (χ0n) is 12.3. The summed E-state index contributed by atoms with van der Waals surface area (Å²) in [6.07, 6.45) is -0.159. The number of ether oxygens (including phenoxy) is 1. The van der Waals surface area contributed by atoms with Gasteiger partial charge in [-0.1, -0.05) is 17.3 Å². The Morgan fingerprint density at radius 3 is 2.83 bits per heavy atom. The molecule has 1 amide bonds. The van der Waals surface area contributed by atoms with Crippen LogP contribution in [0.1, 0.15) is 6.42 Å². The molecule has 0 aliphatic carbocycles. The summed E-state index contributed by atoms with van der Waals surface area (Å²) in [5.41, 5.74) is 1.28. The molecule has 0 bridgehead atoms. The van der Waals surface area contributed by atoms with Crippen LogP contribution in [0, 0.1) is 0 Å². The summed E-state index contributed by atoms with van der Waals surface area (Å²) in [5, 5.41) is 8.10. The van der Waals surface area contributed by atoms with E-state index in [9.17, 15) is 13.2 Å². The molecular formula is C14H15N3O5S. The molecule has 1 aromatic carbocycles. The highest BCUT2D eigenvalue weighted by atomic mass is 32.2. The maximum absolute atomic E-state index is 12.0. The van der Waals surface area contributed by atoms with Gasteiger partial charge in [0.15, 0.2) is 0 Å². The molecule has 0 spiro atoms. The first kappa shape index (κ1) is 15.5. The summed E-state index contributed by atoms with van der Waals surface area (Å²) >= 11 is 0. The number of sulfonamides is 1. The van der Waals surface area contributed by atoms with Crippen molar-refractivity contribution in [3.63, 3.8) is 0 Å². The lowest BCUT2D eigenvalue weighted by atomic mass is 10.1. The third-order valence-corrected chi connectivity index (χ3v) is 4.93. The van der Waals surface area contributed by atoms with E-state index in [1.165, 1.54) is 4.90 Å². The predicted octanol–water partition coefficient (Wildman–Crippen LogP) is 0.744. The molecule has 1 saturated heterocycles. The quantitative estimate of drug-likeness (QED) is 0.880. The van der Waals surface area contributed by atoms with Gasteiger partial charge in [0.05, 0.1) is 7.11 Å². The highest BCUT2D eigenvalue weighted by Crippen LogP contribution is 2.29. The van der Waals surface area contributed by atoms with Crippen LogP contribution in [0.25, 0.3) is 11.3 Å². The summed E-state index contributed by atoms with van der Waals surface area (Å²) in [5.74, 6) is 0.495. The molecule has 0 saturated carbocycles. The van der Waals surface area contributed by atoms with Crippen molar-refractivity contribution in [3.05, 3.63) is 30.3 Å². The molecular weight excluding hydrogens is 322 g/mol. The average molecular weight is 337 g/mol. The van der Waals surface area contributed by atoms with Gasteiger partial charge in [0.2, 0.25) is 21.8 Å². The summed E-state index contributed by atoms with van der Waals surface area (Å²) in [6.45, 7) is -0.0373. The fraction of sp³-hybridized carbons (Fsp3) is 0.286. The van der Waals surface area contributed by atoms with Crippen molar-refractivity contribution in [1.29, 1.82) is 0 Å². The fourth-order valence-corrected chi connectivity index (χ4v) is 3.15. The molecule has 8 nitrogen and oxygen atoms in total. The van der Waals surface area contributed by atoms with Gasteiger partial charge < -0.3 is 9.26 Å². The van der Waals surface area contributed by atoms with Gasteiger partial charge in [0.1, 0.15) is 16.7 Å². The minimum atomic E-state index is -3.77. The van der Waals surface area contributed by atoms with Crippen LogP contribution in [-0.4, -0.2) is 38.4 Å². The van der Waals surface area contributed by atoms with Gasteiger partial charge in [-0.3, -0.25) is 9.69 Å². The minimum Gasteiger partial charge on any atom is -0.497 e. The Morgan fingerprint density at radius 1 is 1.39 bits per heavy atom. The molecule has 0 radical (unpaired) electrons. The van der Waals surface area contributed by atoms with Crippen molar-refractivity contribution in [2.45, 2.75) is 11.7 Å². The minimum absolute atomic E-state index is 0.0373. The lowest BCUT2D eigenvalue weighted by molar-refractivity contribution is -0.117. The third kappa shape index (κ3) is 3.06. The molecule has 2 heterocycles. The summed E-state index contributed by atoms with van der Waals surface area (Å²) in [4.78, 5) is 13.2. The molecule has 9 heteroatoms. The number of nitrogens with two attached hydrogens (primary N) is 1. The van der Waals surface area contributed by atoms with Gasteiger partial charge in [-0.15, -0.1) is 0 Å². The number of nitrogens with zero attached hydrogens (tertiary/aromatic N) is 2. The van der Waals surface area contributed by atoms with Crippen molar-refractivity contribution in [2.75, 3.05) is 18.6 Å². The van der Waals surface area contributed by atoms with E-state index in [4.69, 9.17) is 14.4 Å². The van der Waals surface area contributed by atoms with Gasteiger partial charge in [-0.05, 0) is 12.1 Å². The lowest BCUT2D eigenvalue weighted by Gasteiger charge is -2.10. The molecule has 1 atom stereocenters.